The normalized spacial score (nSPS) is 22.6. The second kappa shape index (κ2) is 4.76. The van der Waals surface area contributed by atoms with Crippen LogP contribution in [-0.4, -0.2) is 37.0 Å². The monoisotopic (exact) mass is 255 g/mol. The number of rotatable bonds is 2. The summed E-state index contributed by atoms with van der Waals surface area (Å²) in [7, 11) is -3.44. The van der Waals surface area contributed by atoms with Crippen molar-refractivity contribution in [3.63, 3.8) is 0 Å². The second-order valence-electron chi connectivity index (χ2n) is 4.48. The lowest BCUT2D eigenvalue weighted by Gasteiger charge is -2.29. The largest absolute Gasteiger partial charge is 0.392 e. The molecule has 0 spiro atoms. The Morgan fingerprint density at radius 1 is 1.41 bits per heavy atom. The van der Waals surface area contributed by atoms with Gasteiger partial charge in [0.05, 0.1) is 11.0 Å². The molecule has 1 fully saturated rings. The van der Waals surface area contributed by atoms with Gasteiger partial charge in [-0.1, -0.05) is 12.1 Å². The molecule has 0 aliphatic carbocycles. The maximum absolute atomic E-state index is 12.3. The van der Waals surface area contributed by atoms with Crippen molar-refractivity contribution in [3.05, 3.63) is 29.8 Å². The third-order valence-electron chi connectivity index (χ3n) is 2.99. The first-order valence-electron chi connectivity index (χ1n) is 5.75. The molecule has 0 amide bonds. The minimum absolute atomic E-state index is 0.205. The summed E-state index contributed by atoms with van der Waals surface area (Å²) in [5.74, 6) is 0. The first-order valence-corrected chi connectivity index (χ1v) is 7.19. The molecule has 2 rings (SSSR count). The van der Waals surface area contributed by atoms with E-state index in [0.29, 0.717) is 24.3 Å². The van der Waals surface area contributed by atoms with Crippen LogP contribution in [0.4, 0.5) is 0 Å². The van der Waals surface area contributed by atoms with Crippen molar-refractivity contribution < 1.29 is 13.5 Å². The minimum Gasteiger partial charge on any atom is -0.392 e. The Morgan fingerprint density at radius 3 is 2.82 bits per heavy atom. The van der Waals surface area contributed by atoms with Crippen LogP contribution in [0.5, 0.6) is 0 Å². The van der Waals surface area contributed by atoms with Gasteiger partial charge in [0.15, 0.2) is 0 Å². The standard InChI is InChI=1S/C12H17NO3S/c1-10-4-2-6-12(8-10)17(15,16)13-7-3-5-11(14)9-13/h2,4,6,8,11,14H,3,5,7,9H2,1H3. The van der Waals surface area contributed by atoms with Crippen LogP contribution in [0, 0.1) is 6.92 Å². The molecule has 94 valence electrons. The molecule has 4 nitrogen and oxygen atoms in total. The Hall–Kier alpha value is -0.910. The van der Waals surface area contributed by atoms with Gasteiger partial charge >= 0.3 is 0 Å². The Bertz CT molecular complexity index is 498. The van der Waals surface area contributed by atoms with Gasteiger partial charge in [-0.25, -0.2) is 8.42 Å². The molecule has 17 heavy (non-hydrogen) atoms. The van der Waals surface area contributed by atoms with Crippen LogP contribution in [0.1, 0.15) is 18.4 Å². The molecule has 1 N–H and O–H groups in total. The number of benzene rings is 1. The van der Waals surface area contributed by atoms with Crippen LogP contribution in [-0.2, 0) is 10.0 Å². The summed E-state index contributed by atoms with van der Waals surface area (Å²) in [6.45, 7) is 2.56. The summed E-state index contributed by atoms with van der Waals surface area (Å²) in [5.41, 5.74) is 0.920. The molecule has 1 saturated heterocycles. The summed E-state index contributed by atoms with van der Waals surface area (Å²) in [6.07, 6.45) is 0.856. The SMILES string of the molecule is Cc1cccc(S(=O)(=O)N2CCCC(O)C2)c1. The Morgan fingerprint density at radius 2 is 2.18 bits per heavy atom. The van der Waals surface area contributed by atoms with Crippen LogP contribution < -0.4 is 0 Å². The number of aryl methyl sites for hydroxylation is 1. The molecule has 0 aromatic heterocycles. The summed E-state index contributed by atoms with van der Waals surface area (Å²) < 4.78 is 26.0. The Kier molecular flexibility index (Phi) is 3.51. The van der Waals surface area contributed by atoms with E-state index in [1.54, 1.807) is 18.2 Å². The van der Waals surface area contributed by atoms with Gasteiger partial charge in [0.25, 0.3) is 0 Å². The zero-order valence-electron chi connectivity index (χ0n) is 9.83. The molecule has 1 aliphatic heterocycles. The van der Waals surface area contributed by atoms with E-state index in [4.69, 9.17) is 0 Å². The van der Waals surface area contributed by atoms with Crippen LogP contribution in [0.3, 0.4) is 0 Å². The quantitative estimate of drug-likeness (QED) is 0.862. The van der Waals surface area contributed by atoms with Crippen molar-refractivity contribution in [1.29, 1.82) is 0 Å². The zero-order valence-corrected chi connectivity index (χ0v) is 10.7. The lowest BCUT2D eigenvalue weighted by atomic mass is 10.1. The van der Waals surface area contributed by atoms with E-state index in [9.17, 15) is 13.5 Å². The zero-order chi connectivity index (χ0) is 12.5. The molecule has 1 unspecified atom stereocenters. The fourth-order valence-corrected chi connectivity index (χ4v) is 3.69. The highest BCUT2D eigenvalue weighted by molar-refractivity contribution is 7.89. The summed E-state index contributed by atoms with van der Waals surface area (Å²) in [6, 6.07) is 6.87. The molecule has 0 bridgehead atoms. The first kappa shape index (κ1) is 12.5. The smallest absolute Gasteiger partial charge is 0.243 e. The molecule has 1 heterocycles. The number of piperidine rings is 1. The predicted octanol–water partition coefficient (Wildman–Crippen LogP) is 1.14. The van der Waals surface area contributed by atoms with Crippen molar-refractivity contribution in [2.45, 2.75) is 30.8 Å². The van der Waals surface area contributed by atoms with Crippen molar-refractivity contribution in [2.24, 2.45) is 0 Å². The third kappa shape index (κ3) is 2.68. The number of hydrogen-bond acceptors (Lipinski definition) is 3. The van der Waals surface area contributed by atoms with Gasteiger partial charge in [-0.05, 0) is 37.5 Å². The van der Waals surface area contributed by atoms with Crippen molar-refractivity contribution in [1.82, 2.24) is 4.31 Å². The number of aliphatic hydroxyl groups excluding tert-OH is 1. The van der Waals surface area contributed by atoms with Crippen LogP contribution in [0.25, 0.3) is 0 Å². The van der Waals surface area contributed by atoms with E-state index in [2.05, 4.69) is 0 Å². The van der Waals surface area contributed by atoms with Gasteiger partial charge in [0.2, 0.25) is 10.0 Å². The Balaban J connectivity index is 2.29. The summed E-state index contributed by atoms with van der Waals surface area (Å²) in [4.78, 5) is 0.312. The van der Waals surface area contributed by atoms with Crippen molar-refractivity contribution in [3.8, 4) is 0 Å². The molecule has 1 aromatic carbocycles. The molecule has 0 radical (unpaired) electrons. The van der Waals surface area contributed by atoms with Crippen molar-refractivity contribution >= 4 is 10.0 Å². The van der Waals surface area contributed by atoms with Crippen LogP contribution >= 0.6 is 0 Å². The Labute approximate surface area is 102 Å². The molecule has 1 atom stereocenters. The molecule has 0 saturated carbocycles. The van der Waals surface area contributed by atoms with Crippen molar-refractivity contribution in [2.75, 3.05) is 13.1 Å². The summed E-state index contributed by atoms with van der Waals surface area (Å²) >= 11 is 0. The number of β-amino-alcohol motifs (C(OH)–C–C–N with tert-alkyl or cyclic N) is 1. The van der Waals surface area contributed by atoms with E-state index in [-0.39, 0.29) is 6.54 Å². The molecular weight excluding hydrogens is 238 g/mol. The van der Waals surface area contributed by atoms with Gasteiger partial charge in [-0.2, -0.15) is 4.31 Å². The molecular formula is C12H17NO3S. The number of hydrogen-bond donors (Lipinski definition) is 1. The van der Waals surface area contributed by atoms with E-state index in [1.807, 2.05) is 13.0 Å². The average Bonchev–Trinajstić information content (AvgIpc) is 2.29. The van der Waals surface area contributed by atoms with Gasteiger partial charge in [0.1, 0.15) is 0 Å². The topological polar surface area (TPSA) is 57.6 Å². The van der Waals surface area contributed by atoms with Gasteiger partial charge < -0.3 is 5.11 Å². The first-order chi connectivity index (χ1) is 8.00. The maximum Gasteiger partial charge on any atom is 0.243 e. The van der Waals surface area contributed by atoms with E-state index >= 15 is 0 Å². The van der Waals surface area contributed by atoms with E-state index in [1.165, 1.54) is 4.31 Å². The maximum atomic E-state index is 12.3. The van der Waals surface area contributed by atoms with E-state index < -0.39 is 16.1 Å². The highest BCUT2D eigenvalue weighted by Crippen LogP contribution is 2.21. The summed E-state index contributed by atoms with van der Waals surface area (Å²) in [5, 5.41) is 9.54. The van der Waals surface area contributed by atoms with Gasteiger partial charge in [-0.15, -0.1) is 0 Å². The van der Waals surface area contributed by atoms with Crippen LogP contribution in [0.15, 0.2) is 29.2 Å². The second-order valence-corrected chi connectivity index (χ2v) is 6.41. The predicted molar refractivity (Wildman–Crippen MR) is 65.2 cm³/mol. The fraction of sp³-hybridized carbons (Fsp3) is 0.500. The minimum atomic E-state index is -3.44. The van der Waals surface area contributed by atoms with E-state index in [0.717, 1.165) is 5.56 Å². The lowest BCUT2D eigenvalue weighted by molar-refractivity contribution is 0.108. The number of aliphatic hydroxyl groups is 1. The van der Waals surface area contributed by atoms with Crippen LogP contribution in [0.2, 0.25) is 0 Å². The third-order valence-corrected chi connectivity index (χ3v) is 4.85. The highest BCUT2D eigenvalue weighted by Gasteiger charge is 2.29. The average molecular weight is 255 g/mol. The lowest BCUT2D eigenvalue weighted by Crippen LogP contribution is -2.42. The number of sulfonamides is 1. The molecule has 5 heteroatoms. The fourth-order valence-electron chi connectivity index (χ4n) is 2.06. The highest BCUT2D eigenvalue weighted by atomic mass is 32.2. The van der Waals surface area contributed by atoms with Gasteiger partial charge in [-0.3, -0.25) is 0 Å². The molecule has 1 aromatic rings. The number of nitrogens with zero attached hydrogens (tertiary/aromatic N) is 1. The van der Waals surface area contributed by atoms with Gasteiger partial charge in [0, 0.05) is 13.1 Å². The molecule has 1 aliphatic rings.